The SMILES string of the molecule is Cc1ccc(N=Cc2ccc(Cl)cc2)c(OCc2cncs2)c1. The molecule has 5 heteroatoms. The van der Waals surface area contributed by atoms with Crippen molar-refractivity contribution in [2.45, 2.75) is 13.5 Å². The van der Waals surface area contributed by atoms with Gasteiger partial charge in [-0.25, -0.2) is 0 Å². The maximum atomic E-state index is 5.91. The number of thiazole rings is 1. The first-order chi connectivity index (χ1) is 11.2. The van der Waals surface area contributed by atoms with E-state index in [1.54, 1.807) is 23.1 Å². The number of nitrogens with zero attached hydrogens (tertiary/aromatic N) is 2. The number of aryl methyl sites for hydroxylation is 1. The first kappa shape index (κ1) is 15.7. The highest BCUT2D eigenvalue weighted by Crippen LogP contribution is 2.29. The van der Waals surface area contributed by atoms with Crippen molar-refractivity contribution < 1.29 is 4.74 Å². The van der Waals surface area contributed by atoms with Crippen molar-refractivity contribution in [2.24, 2.45) is 4.99 Å². The Kier molecular flexibility index (Phi) is 5.05. The Bertz CT molecular complexity index is 798. The number of aromatic nitrogens is 1. The molecule has 0 spiro atoms. The lowest BCUT2D eigenvalue weighted by Crippen LogP contribution is -1.94. The average Bonchev–Trinajstić information content (AvgIpc) is 3.07. The maximum absolute atomic E-state index is 5.91. The van der Waals surface area contributed by atoms with Crippen LogP contribution in [0.2, 0.25) is 5.02 Å². The first-order valence-corrected chi connectivity index (χ1v) is 8.37. The van der Waals surface area contributed by atoms with E-state index >= 15 is 0 Å². The highest BCUT2D eigenvalue weighted by atomic mass is 35.5. The lowest BCUT2D eigenvalue weighted by atomic mass is 10.2. The number of halogens is 1. The number of hydrogen-bond donors (Lipinski definition) is 0. The molecule has 3 rings (SSSR count). The summed E-state index contributed by atoms with van der Waals surface area (Å²) in [7, 11) is 0. The molecule has 2 aromatic carbocycles. The minimum absolute atomic E-state index is 0.498. The van der Waals surface area contributed by atoms with Gasteiger partial charge in [-0.15, -0.1) is 11.3 Å². The standard InChI is InChI=1S/C18H15ClN2OS/c1-13-2-7-17(21-9-14-3-5-15(19)6-4-14)18(8-13)22-11-16-10-20-12-23-16/h2-10,12H,11H2,1H3. The molecule has 1 heterocycles. The number of aliphatic imine (C=N–C) groups is 1. The molecule has 0 aliphatic carbocycles. The van der Waals surface area contributed by atoms with Crippen molar-refractivity contribution in [3.05, 3.63) is 75.2 Å². The maximum Gasteiger partial charge on any atom is 0.145 e. The van der Waals surface area contributed by atoms with Gasteiger partial charge in [0.2, 0.25) is 0 Å². The monoisotopic (exact) mass is 342 g/mol. The van der Waals surface area contributed by atoms with E-state index in [2.05, 4.69) is 9.98 Å². The zero-order valence-corrected chi connectivity index (χ0v) is 14.1. The van der Waals surface area contributed by atoms with Gasteiger partial charge in [0.05, 0.1) is 10.4 Å². The van der Waals surface area contributed by atoms with Gasteiger partial charge in [0, 0.05) is 17.4 Å². The van der Waals surface area contributed by atoms with Gasteiger partial charge in [0.1, 0.15) is 18.0 Å². The van der Waals surface area contributed by atoms with Crippen LogP contribution in [0.4, 0.5) is 5.69 Å². The molecule has 0 amide bonds. The van der Waals surface area contributed by atoms with Gasteiger partial charge < -0.3 is 4.74 Å². The van der Waals surface area contributed by atoms with Crippen LogP contribution in [0.3, 0.4) is 0 Å². The van der Waals surface area contributed by atoms with Gasteiger partial charge in [-0.2, -0.15) is 0 Å². The Labute approximate surface area is 144 Å². The molecule has 0 atom stereocenters. The summed E-state index contributed by atoms with van der Waals surface area (Å²) in [5.41, 5.74) is 4.72. The third kappa shape index (κ3) is 4.41. The van der Waals surface area contributed by atoms with Crippen LogP contribution in [0.5, 0.6) is 5.75 Å². The summed E-state index contributed by atoms with van der Waals surface area (Å²) in [4.78, 5) is 9.68. The Balaban J connectivity index is 1.79. The summed E-state index contributed by atoms with van der Waals surface area (Å²) in [5.74, 6) is 0.767. The van der Waals surface area contributed by atoms with Crippen molar-refractivity contribution in [2.75, 3.05) is 0 Å². The second-order valence-corrected chi connectivity index (χ2v) is 6.44. The number of hydrogen-bond acceptors (Lipinski definition) is 4. The van der Waals surface area contributed by atoms with E-state index < -0.39 is 0 Å². The number of ether oxygens (including phenoxy) is 1. The molecule has 23 heavy (non-hydrogen) atoms. The van der Waals surface area contributed by atoms with Crippen molar-refractivity contribution >= 4 is 34.8 Å². The lowest BCUT2D eigenvalue weighted by molar-refractivity contribution is 0.310. The smallest absolute Gasteiger partial charge is 0.145 e. The first-order valence-electron chi connectivity index (χ1n) is 7.11. The zero-order chi connectivity index (χ0) is 16.1. The highest BCUT2D eigenvalue weighted by Gasteiger charge is 2.04. The van der Waals surface area contributed by atoms with Crippen LogP contribution in [0.25, 0.3) is 0 Å². The van der Waals surface area contributed by atoms with E-state index in [0.717, 1.165) is 27.4 Å². The second kappa shape index (κ2) is 7.40. The van der Waals surface area contributed by atoms with E-state index in [1.807, 2.05) is 55.6 Å². The van der Waals surface area contributed by atoms with Crippen LogP contribution in [-0.2, 0) is 6.61 Å². The van der Waals surface area contributed by atoms with Crippen LogP contribution >= 0.6 is 22.9 Å². The Morgan fingerprint density at radius 3 is 2.78 bits per heavy atom. The molecule has 0 fully saturated rings. The van der Waals surface area contributed by atoms with E-state index in [1.165, 1.54) is 0 Å². The predicted molar refractivity (Wildman–Crippen MR) is 96.3 cm³/mol. The molecule has 0 saturated carbocycles. The van der Waals surface area contributed by atoms with Gasteiger partial charge >= 0.3 is 0 Å². The Morgan fingerprint density at radius 2 is 2.04 bits per heavy atom. The number of benzene rings is 2. The van der Waals surface area contributed by atoms with Gasteiger partial charge in [-0.05, 0) is 42.3 Å². The third-order valence-electron chi connectivity index (χ3n) is 3.19. The molecule has 0 unspecified atom stereocenters. The van der Waals surface area contributed by atoms with Gasteiger partial charge in [0.15, 0.2) is 0 Å². The molecule has 3 nitrogen and oxygen atoms in total. The van der Waals surface area contributed by atoms with Crippen molar-refractivity contribution in [3.63, 3.8) is 0 Å². The topological polar surface area (TPSA) is 34.5 Å². The fourth-order valence-electron chi connectivity index (χ4n) is 2.00. The zero-order valence-electron chi connectivity index (χ0n) is 12.6. The summed E-state index contributed by atoms with van der Waals surface area (Å²) < 4.78 is 5.91. The van der Waals surface area contributed by atoms with Crippen LogP contribution in [0.1, 0.15) is 16.0 Å². The van der Waals surface area contributed by atoms with E-state index in [0.29, 0.717) is 11.6 Å². The highest BCUT2D eigenvalue weighted by molar-refractivity contribution is 7.09. The Morgan fingerprint density at radius 1 is 1.22 bits per heavy atom. The van der Waals surface area contributed by atoms with Crippen molar-refractivity contribution in [1.82, 2.24) is 4.98 Å². The number of rotatable bonds is 5. The average molecular weight is 343 g/mol. The fourth-order valence-corrected chi connectivity index (χ4v) is 2.63. The largest absolute Gasteiger partial charge is 0.486 e. The lowest BCUT2D eigenvalue weighted by Gasteiger charge is -2.08. The van der Waals surface area contributed by atoms with Crippen LogP contribution in [0, 0.1) is 6.92 Å². The third-order valence-corrected chi connectivity index (χ3v) is 4.20. The summed E-state index contributed by atoms with van der Waals surface area (Å²) in [6, 6.07) is 13.5. The minimum Gasteiger partial charge on any atom is -0.486 e. The van der Waals surface area contributed by atoms with Crippen LogP contribution in [0.15, 0.2) is 59.2 Å². The van der Waals surface area contributed by atoms with Gasteiger partial charge in [0.25, 0.3) is 0 Å². The molecule has 0 aliphatic heterocycles. The van der Waals surface area contributed by atoms with E-state index in [9.17, 15) is 0 Å². The molecule has 0 bridgehead atoms. The fraction of sp³-hybridized carbons (Fsp3) is 0.111. The molecule has 0 radical (unpaired) electrons. The van der Waals surface area contributed by atoms with Gasteiger partial charge in [-0.3, -0.25) is 9.98 Å². The molecule has 0 N–H and O–H groups in total. The quantitative estimate of drug-likeness (QED) is 0.579. The molecular formula is C18H15ClN2OS. The summed E-state index contributed by atoms with van der Waals surface area (Å²) in [6.07, 6.45) is 3.62. The van der Waals surface area contributed by atoms with Crippen molar-refractivity contribution in [1.29, 1.82) is 0 Å². The van der Waals surface area contributed by atoms with Crippen LogP contribution in [-0.4, -0.2) is 11.2 Å². The van der Waals surface area contributed by atoms with E-state index in [-0.39, 0.29) is 0 Å². The molecule has 0 saturated heterocycles. The predicted octanol–water partition coefficient (Wildman–Crippen LogP) is 5.43. The van der Waals surface area contributed by atoms with Crippen molar-refractivity contribution in [3.8, 4) is 5.75 Å². The molecular weight excluding hydrogens is 328 g/mol. The summed E-state index contributed by atoms with van der Waals surface area (Å²) in [6.45, 7) is 2.53. The molecule has 3 aromatic rings. The van der Waals surface area contributed by atoms with E-state index in [4.69, 9.17) is 16.3 Å². The minimum atomic E-state index is 0.498. The second-order valence-electron chi connectivity index (χ2n) is 5.04. The van der Waals surface area contributed by atoms with Crippen LogP contribution < -0.4 is 4.74 Å². The molecule has 116 valence electrons. The van der Waals surface area contributed by atoms with Gasteiger partial charge in [-0.1, -0.05) is 29.8 Å². The normalized spacial score (nSPS) is 11.0. The molecule has 0 aliphatic rings. The Hall–Kier alpha value is -2.17. The summed E-state index contributed by atoms with van der Waals surface area (Å²) in [5, 5.41) is 0.714. The molecule has 1 aromatic heterocycles. The summed E-state index contributed by atoms with van der Waals surface area (Å²) >= 11 is 7.47.